The van der Waals surface area contributed by atoms with Crippen molar-refractivity contribution in [3.05, 3.63) is 0 Å². The van der Waals surface area contributed by atoms with E-state index in [0.717, 1.165) is 19.4 Å². The van der Waals surface area contributed by atoms with Crippen LogP contribution in [0.4, 0.5) is 0 Å². The van der Waals surface area contributed by atoms with E-state index in [0.29, 0.717) is 18.9 Å². The first kappa shape index (κ1) is 13.5. The number of carbonyl (C=O) groups is 1. The van der Waals surface area contributed by atoms with Gasteiger partial charge in [-0.15, -0.1) is 0 Å². The zero-order chi connectivity index (χ0) is 12.0. The van der Waals surface area contributed by atoms with Crippen LogP contribution in [0, 0.1) is 11.8 Å². The standard InChI is InChI=1S/C12H24N2O2/c1-9(8-16-2)6-12(15)14-7-10-4-3-5-11(10)13/h9-11H,3-8,13H2,1-2H3,(H,14,15). The lowest BCUT2D eigenvalue weighted by Crippen LogP contribution is -2.36. The van der Waals surface area contributed by atoms with Crippen LogP contribution < -0.4 is 11.1 Å². The van der Waals surface area contributed by atoms with Gasteiger partial charge in [-0.2, -0.15) is 0 Å². The zero-order valence-electron chi connectivity index (χ0n) is 10.4. The monoisotopic (exact) mass is 228 g/mol. The molecule has 16 heavy (non-hydrogen) atoms. The fourth-order valence-electron chi connectivity index (χ4n) is 2.30. The first-order chi connectivity index (χ1) is 7.63. The molecule has 0 saturated heterocycles. The van der Waals surface area contributed by atoms with E-state index in [1.165, 1.54) is 6.42 Å². The molecule has 3 atom stereocenters. The first-order valence-electron chi connectivity index (χ1n) is 6.14. The summed E-state index contributed by atoms with van der Waals surface area (Å²) in [5.41, 5.74) is 5.94. The number of ether oxygens (including phenoxy) is 1. The molecule has 0 bridgehead atoms. The third-order valence-electron chi connectivity index (χ3n) is 3.26. The molecule has 4 nitrogen and oxygen atoms in total. The third-order valence-corrected chi connectivity index (χ3v) is 3.26. The van der Waals surface area contributed by atoms with E-state index in [2.05, 4.69) is 5.32 Å². The molecular weight excluding hydrogens is 204 g/mol. The topological polar surface area (TPSA) is 64.3 Å². The van der Waals surface area contributed by atoms with E-state index in [1.807, 2.05) is 6.92 Å². The Morgan fingerprint density at radius 1 is 1.56 bits per heavy atom. The number of nitrogens with one attached hydrogen (secondary N) is 1. The van der Waals surface area contributed by atoms with Gasteiger partial charge in [0.1, 0.15) is 0 Å². The molecule has 1 aliphatic carbocycles. The van der Waals surface area contributed by atoms with Crippen LogP contribution >= 0.6 is 0 Å². The molecule has 0 aromatic heterocycles. The van der Waals surface area contributed by atoms with E-state index in [1.54, 1.807) is 7.11 Å². The Bertz CT molecular complexity index is 221. The molecule has 0 aromatic carbocycles. The van der Waals surface area contributed by atoms with Crippen LogP contribution in [0.3, 0.4) is 0 Å². The average Bonchev–Trinajstić information content (AvgIpc) is 2.61. The molecule has 0 aromatic rings. The summed E-state index contributed by atoms with van der Waals surface area (Å²) in [4.78, 5) is 11.6. The zero-order valence-corrected chi connectivity index (χ0v) is 10.4. The second-order valence-corrected chi connectivity index (χ2v) is 4.92. The fourth-order valence-corrected chi connectivity index (χ4v) is 2.30. The molecule has 1 rings (SSSR count). The molecule has 3 N–H and O–H groups in total. The van der Waals surface area contributed by atoms with Crippen LogP contribution in [0.5, 0.6) is 0 Å². The van der Waals surface area contributed by atoms with E-state index in [9.17, 15) is 4.79 Å². The Morgan fingerprint density at radius 3 is 2.88 bits per heavy atom. The quantitative estimate of drug-likeness (QED) is 0.710. The van der Waals surface area contributed by atoms with Gasteiger partial charge in [-0.1, -0.05) is 13.3 Å². The van der Waals surface area contributed by atoms with Crippen LogP contribution in [0.2, 0.25) is 0 Å². The Labute approximate surface area is 97.9 Å². The normalized spacial score (nSPS) is 26.7. The van der Waals surface area contributed by atoms with Crippen molar-refractivity contribution in [2.75, 3.05) is 20.3 Å². The highest BCUT2D eigenvalue weighted by Gasteiger charge is 2.24. The van der Waals surface area contributed by atoms with Gasteiger partial charge >= 0.3 is 0 Å². The minimum atomic E-state index is 0.114. The van der Waals surface area contributed by atoms with Crippen molar-refractivity contribution < 1.29 is 9.53 Å². The predicted octanol–water partition coefficient (Wildman–Crippen LogP) is 0.903. The van der Waals surface area contributed by atoms with E-state index < -0.39 is 0 Å². The van der Waals surface area contributed by atoms with E-state index >= 15 is 0 Å². The van der Waals surface area contributed by atoms with E-state index in [-0.39, 0.29) is 17.9 Å². The second-order valence-electron chi connectivity index (χ2n) is 4.92. The molecule has 1 saturated carbocycles. The lowest BCUT2D eigenvalue weighted by atomic mass is 10.0. The van der Waals surface area contributed by atoms with Gasteiger partial charge in [0.15, 0.2) is 0 Å². The van der Waals surface area contributed by atoms with Gasteiger partial charge in [0.25, 0.3) is 0 Å². The van der Waals surface area contributed by atoms with Crippen LogP contribution in [-0.4, -0.2) is 32.2 Å². The summed E-state index contributed by atoms with van der Waals surface area (Å²) >= 11 is 0. The summed E-state index contributed by atoms with van der Waals surface area (Å²) in [5.74, 6) is 0.868. The molecule has 0 aliphatic heterocycles. The lowest BCUT2D eigenvalue weighted by Gasteiger charge is -2.17. The maximum absolute atomic E-state index is 11.6. The summed E-state index contributed by atoms with van der Waals surface area (Å²) in [5, 5.41) is 2.97. The Hall–Kier alpha value is -0.610. The molecular formula is C12H24N2O2. The lowest BCUT2D eigenvalue weighted by molar-refractivity contribution is -0.122. The molecule has 0 spiro atoms. The van der Waals surface area contributed by atoms with Gasteiger partial charge in [0, 0.05) is 32.7 Å². The number of amides is 1. The van der Waals surface area contributed by atoms with Gasteiger partial charge in [-0.3, -0.25) is 4.79 Å². The fraction of sp³-hybridized carbons (Fsp3) is 0.917. The smallest absolute Gasteiger partial charge is 0.220 e. The number of hydrogen-bond acceptors (Lipinski definition) is 3. The molecule has 1 aliphatic rings. The van der Waals surface area contributed by atoms with Crippen molar-refractivity contribution >= 4 is 5.91 Å². The van der Waals surface area contributed by atoms with Gasteiger partial charge in [0.05, 0.1) is 0 Å². The summed E-state index contributed by atoms with van der Waals surface area (Å²) in [6.45, 7) is 3.39. The first-order valence-corrected chi connectivity index (χ1v) is 6.14. The number of methoxy groups -OCH3 is 1. The Morgan fingerprint density at radius 2 is 2.31 bits per heavy atom. The highest BCUT2D eigenvalue weighted by molar-refractivity contribution is 5.76. The molecule has 1 amide bonds. The van der Waals surface area contributed by atoms with Crippen LogP contribution in [0.15, 0.2) is 0 Å². The number of hydrogen-bond donors (Lipinski definition) is 2. The van der Waals surface area contributed by atoms with Crippen molar-refractivity contribution in [2.24, 2.45) is 17.6 Å². The van der Waals surface area contributed by atoms with E-state index in [4.69, 9.17) is 10.5 Å². The number of rotatable bonds is 6. The van der Waals surface area contributed by atoms with Crippen molar-refractivity contribution in [3.8, 4) is 0 Å². The predicted molar refractivity (Wildman–Crippen MR) is 64.0 cm³/mol. The average molecular weight is 228 g/mol. The number of carbonyl (C=O) groups excluding carboxylic acids is 1. The SMILES string of the molecule is COCC(C)CC(=O)NCC1CCCC1N. The molecule has 94 valence electrons. The maximum atomic E-state index is 11.6. The van der Waals surface area contributed by atoms with Crippen molar-refractivity contribution in [2.45, 2.75) is 38.6 Å². The van der Waals surface area contributed by atoms with Crippen molar-refractivity contribution in [1.82, 2.24) is 5.32 Å². The van der Waals surface area contributed by atoms with Gasteiger partial charge in [-0.25, -0.2) is 0 Å². The van der Waals surface area contributed by atoms with Crippen LogP contribution in [0.1, 0.15) is 32.6 Å². The summed E-state index contributed by atoms with van der Waals surface area (Å²) < 4.78 is 5.00. The summed E-state index contributed by atoms with van der Waals surface area (Å²) in [7, 11) is 1.66. The number of nitrogens with two attached hydrogens (primary N) is 1. The maximum Gasteiger partial charge on any atom is 0.220 e. The Kier molecular flexibility index (Phi) is 5.77. The molecule has 4 heteroatoms. The minimum absolute atomic E-state index is 0.114. The van der Waals surface area contributed by atoms with Crippen molar-refractivity contribution in [3.63, 3.8) is 0 Å². The Balaban J connectivity index is 2.14. The molecule has 0 heterocycles. The minimum Gasteiger partial charge on any atom is -0.384 e. The summed E-state index contributed by atoms with van der Waals surface area (Å²) in [6.07, 6.45) is 3.98. The van der Waals surface area contributed by atoms with Crippen LogP contribution in [-0.2, 0) is 9.53 Å². The third kappa shape index (κ3) is 4.49. The largest absolute Gasteiger partial charge is 0.384 e. The summed E-state index contributed by atoms with van der Waals surface area (Å²) in [6, 6.07) is 0.275. The van der Waals surface area contributed by atoms with Crippen molar-refractivity contribution in [1.29, 1.82) is 0 Å². The molecule has 3 unspecified atom stereocenters. The van der Waals surface area contributed by atoms with Gasteiger partial charge in [-0.05, 0) is 24.7 Å². The molecule has 0 radical (unpaired) electrons. The van der Waals surface area contributed by atoms with Gasteiger partial charge in [0.2, 0.25) is 5.91 Å². The second kappa shape index (κ2) is 6.86. The highest BCUT2D eigenvalue weighted by Crippen LogP contribution is 2.23. The molecule has 1 fully saturated rings. The highest BCUT2D eigenvalue weighted by atomic mass is 16.5. The van der Waals surface area contributed by atoms with Gasteiger partial charge < -0.3 is 15.8 Å². The van der Waals surface area contributed by atoms with Crippen LogP contribution in [0.25, 0.3) is 0 Å².